The van der Waals surface area contributed by atoms with Crippen LogP contribution in [0, 0.1) is 11.6 Å². The lowest BCUT2D eigenvalue weighted by molar-refractivity contribution is 0.588. The number of hydrogen-bond donors (Lipinski definition) is 1. The zero-order valence-corrected chi connectivity index (χ0v) is 10.6. The first kappa shape index (κ1) is 13.1. The highest BCUT2D eigenvalue weighted by molar-refractivity contribution is 7.09. The van der Waals surface area contributed by atoms with E-state index >= 15 is 0 Å². The standard InChI is InChI=1S/C13H14F2N2S/c14-9-4-3-5-10(15)13(9)11-8-18-12(17-11)6-1-2-7-16/h3-5,8H,1-2,6-7,16H2. The van der Waals surface area contributed by atoms with Crippen LogP contribution in [0.5, 0.6) is 0 Å². The van der Waals surface area contributed by atoms with Gasteiger partial charge in [0.25, 0.3) is 0 Å². The Hall–Kier alpha value is -1.33. The predicted octanol–water partition coefficient (Wildman–Crippen LogP) is 3.37. The molecule has 0 unspecified atom stereocenters. The zero-order chi connectivity index (χ0) is 13.0. The third-order valence-corrected chi connectivity index (χ3v) is 3.52. The molecule has 2 N–H and O–H groups in total. The Kier molecular flexibility index (Phi) is 4.38. The van der Waals surface area contributed by atoms with Crippen LogP contribution in [0.25, 0.3) is 11.3 Å². The number of aryl methyl sites for hydroxylation is 1. The number of hydrogen-bond acceptors (Lipinski definition) is 3. The number of aromatic nitrogens is 1. The van der Waals surface area contributed by atoms with E-state index in [0.29, 0.717) is 12.2 Å². The van der Waals surface area contributed by atoms with Crippen LogP contribution in [0.1, 0.15) is 17.8 Å². The first-order valence-corrected chi connectivity index (χ1v) is 6.69. The van der Waals surface area contributed by atoms with E-state index in [1.54, 1.807) is 5.38 Å². The highest BCUT2D eigenvalue weighted by atomic mass is 32.1. The smallest absolute Gasteiger partial charge is 0.135 e. The van der Waals surface area contributed by atoms with Crippen molar-refractivity contribution in [3.63, 3.8) is 0 Å². The highest BCUT2D eigenvalue weighted by Gasteiger charge is 2.13. The number of nitrogens with zero attached hydrogens (tertiary/aromatic N) is 1. The van der Waals surface area contributed by atoms with Gasteiger partial charge in [-0.15, -0.1) is 11.3 Å². The van der Waals surface area contributed by atoms with Crippen LogP contribution in [0.15, 0.2) is 23.6 Å². The summed E-state index contributed by atoms with van der Waals surface area (Å²) >= 11 is 1.43. The Labute approximate surface area is 108 Å². The topological polar surface area (TPSA) is 38.9 Å². The molecule has 0 aliphatic rings. The predicted molar refractivity (Wildman–Crippen MR) is 69.5 cm³/mol. The molecule has 2 aromatic rings. The molecule has 1 aromatic heterocycles. The molecule has 96 valence electrons. The van der Waals surface area contributed by atoms with Gasteiger partial charge < -0.3 is 5.73 Å². The van der Waals surface area contributed by atoms with Crippen LogP contribution in [0.2, 0.25) is 0 Å². The van der Waals surface area contributed by atoms with Crippen LogP contribution < -0.4 is 5.73 Å². The minimum absolute atomic E-state index is 0.0428. The van der Waals surface area contributed by atoms with E-state index in [1.807, 2.05) is 0 Å². The third-order valence-electron chi connectivity index (χ3n) is 2.62. The van der Waals surface area contributed by atoms with Crippen LogP contribution in [-0.4, -0.2) is 11.5 Å². The molecular formula is C13H14F2N2S. The summed E-state index contributed by atoms with van der Waals surface area (Å²) in [5.41, 5.74) is 5.74. The molecule has 18 heavy (non-hydrogen) atoms. The number of nitrogens with two attached hydrogens (primary N) is 1. The number of benzene rings is 1. The van der Waals surface area contributed by atoms with Gasteiger partial charge in [-0.2, -0.15) is 0 Å². The fourth-order valence-electron chi connectivity index (χ4n) is 1.70. The summed E-state index contributed by atoms with van der Waals surface area (Å²) < 4.78 is 27.1. The van der Waals surface area contributed by atoms with Gasteiger partial charge in [0.1, 0.15) is 11.6 Å². The molecule has 0 radical (unpaired) electrons. The molecule has 2 rings (SSSR count). The van der Waals surface area contributed by atoms with Gasteiger partial charge in [-0.05, 0) is 37.9 Å². The minimum atomic E-state index is -0.575. The van der Waals surface area contributed by atoms with Crippen molar-refractivity contribution in [3.05, 3.63) is 40.2 Å². The summed E-state index contributed by atoms with van der Waals surface area (Å²) in [6.45, 7) is 0.653. The van der Waals surface area contributed by atoms with Crippen molar-refractivity contribution in [1.82, 2.24) is 4.98 Å². The molecular weight excluding hydrogens is 254 g/mol. The first-order chi connectivity index (χ1) is 8.72. The van der Waals surface area contributed by atoms with Crippen LogP contribution in [-0.2, 0) is 6.42 Å². The van der Waals surface area contributed by atoms with Crippen molar-refractivity contribution < 1.29 is 8.78 Å². The van der Waals surface area contributed by atoms with E-state index < -0.39 is 11.6 Å². The lowest BCUT2D eigenvalue weighted by Gasteiger charge is -2.00. The Morgan fingerprint density at radius 3 is 2.56 bits per heavy atom. The van der Waals surface area contributed by atoms with E-state index in [2.05, 4.69) is 4.98 Å². The quantitative estimate of drug-likeness (QED) is 0.844. The Balaban J connectivity index is 2.19. The van der Waals surface area contributed by atoms with Crippen LogP contribution >= 0.6 is 11.3 Å². The second kappa shape index (κ2) is 6.02. The summed E-state index contributed by atoms with van der Waals surface area (Å²) in [5.74, 6) is -1.15. The van der Waals surface area contributed by atoms with Gasteiger partial charge >= 0.3 is 0 Å². The number of halogens is 2. The van der Waals surface area contributed by atoms with Gasteiger partial charge in [0.05, 0.1) is 16.3 Å². The average Bonchev–Trinajstić information content (AvgIpc) is 2.78. The van der Waals surface area contributed by atoms with Crippen molar-refractivity contribution in [2.75, 3.05) is 6.54 Å². The Morgan fingerprint density at radius 1 is 1.17 bits per heavy atom. The number of unbranched alkanes of at least 4 members (excludes halogenated alkanes) is 1. The molecule has 5 heteroatoms. The highest BCUT2D eigenvalue weighted by Crippen LogP contribution is 2.27. The molecule has 0 saturated heterocycles. The van der Waals surface area contributed by atoms with E-state index in [1.165, 1.54) is 29.5 Å². The van der Waals surface area contributed by atoms with Gasteiger partial charge in [0, 0.05) is 5.38 Å². The second-order valence-corrected chi connectivity index (χ2v) is 4.91. The summed E-state index contributed by atoms with van der Waals surface area (Å²) in [5, 5.41) is 2.58. The minimum Gasteiger partial charge on any atom is -0.330 e. The molecule has 0 aliphatic carbocycles. The van der Waals surface area contributed by atoms with Crippen molar-refractivity contribution in [1.29, 1.82) is 0 Å². The van der Waals surface area contributed by atoms with Crippen LogP contribution in [0.4, 0.5) is 8.78 Å². The van der Waals surface area contributed by atoms with E-state index in [9.17, 15) is 8.78 Å². The summed E-state index contributed by atoms with van der Waals surface area (Å²) in [4.78, 5) is 4.27. The van der Waals surface area contributed by atoms with Crippen molar-refractivity contribution in [2.45, 2.75) is 19.3 Å². The van der Waals surface area contributed by atoms with E-state index in [-0.39, 0.29) is 5.56 Å². The summed E-state index contributed by atoms with van der Waals surface area (Å²) in [6, 6.07) is 3.83. The maximum absolute atomic E-state index is 13.6. The molecule has 1 aromatic carbocycles. The van der Waals surface area contributed by atoms with Gasteiger partial charge in [-0.3, -0.25) is 0 Å². The number of rotatable bonds is 5. The van der Waals surface area contributed by atoms with E-state index in [0.717, 1.165) is 24.3 Å². The SMILES string of the molecule is NCCCCc1nc(-c2c(F)cccc2F)cs1. The summed E-state index contributed by atoms with van der Waals surface area (Å²) in [7, 11) is 0. The molecule has 1 heterocycles. The van der Waals surface area contributed by atoms with Gasteiger partial charge in [0.15, 0.2) is 0 Å². The first-order valence-electron chi connectivity index (χ1n) is 5.81. The molecule has 0 bridgehead atoms. The molecule has 0 spiro atoms. The normalized spacial score (nSPS) is 10.8. The lowest BCUT2D eigenvalue weighted by Crippen LogP contribution is -1.98. The van der Waals surface area contributed by atoms with Crippen molar-refractivity contribution in [2.24, 2.45) is 5.73 Å². The van der Waals surface area contributed by atoms with E-state index in [4.69, 9.17) is 5.73 Å². The van der Waals surface area contributed by atoms with Gasteiger partial charge in [-0.25, -0.2) is 13.8 Å². The third kappa shape index (κ3) is 2.91. The maximum atomic E-state index is 13.6. The van der Waals surface area contributed by atoms with Crippen molar-refractivity contribution >= 4 is 11.3 Å². The number of thiazole rings is 1. The fraction of sp³-hybridized carbons (Fsp3) is 0.308. The molecule has 0 saturated carbocycles. The molecule has 0 amide bonds. The van der Waals surface area contributed by atoms with Crippen molar-refractivity contribution in [3.8, 4) is 11.3 Å². The maximum Gasteiger partial charge on any atom is 0.135 e. The Morgan fingerprint density at radius 2 is 1.89 bits per heavy atom. The summed E-state index contributed by atoms with van der Waals surface area (Å²) in [6.07, 6.45) is 2.68. The molecule has 0 aliphatic heterocycles. The monoisotopic (exact) mass is 268 g/mol. The molecule has 2 nitrogen and oxygen atoms in total. The average molecular weight is 268 g/mol. The zero-order valence-electron chi connectivity index (χ0n) is 9.83. The largest absolute Gasteiger partial charge is 0.330 e. The van der Waals surface area contributed by atoms with Gasteiger partial charge in [-0.1, -0.05) is 6.07 Å². The molecule has 0 fully saturated rings. The fourth-order valence-corrected chi connectivity index (χ4v) is 2.54. The van der Waals surface area contributed by atoms with Crippen LogP contribution in [0.3, 0.4) is 0 Å². The van der Waals surface area contributed by atoms with Gasteiger partial charge in [0.2, 0.25) is 0 Å². The lowest BCUT2D eigenvalue weighted by atomic mass is 10.1. The molecule has 0 atom stereocenters. The Bertz CT molecular complexity index is 505. The second-order valence-electron chi connectivity index (χ2n) is 3.97.